The Morgan fingerprint density at radius 2 is 1.85 bits per heavy atom. The van der Waals surface area contributed by atoms with Gasteiger partial charge in [-0.05, 0) is 42.7 Å². The van der Waals surface area contributed by atoms with Crippen LogP contribution in [0.15, 0.2) is 54.6 Å². The lowest BCUT2D eigenvalue weighted by Crippen LogP contribution is -2.10. The molecule has 3 aromatic rings. The number of anilines is 2. The van der Waals surface area contributed by atoms with Crippen molar-refractivity contribution in [3.05, 3.63) is 76.4 Å². The zero-order chi connectivity index (χ0) is 19.1. The molecule has 0 unspecified atom stereocenters. The summed E-state index contributed by atoms with van der Waals surface area (Å²) in [5, 5.41) is 7.35. The average molecular weight is 383 g/mol. The van der Waals surface area contributed by atoms with Gasteiger partial charge in [0.1, 0.15) is 11.6 Å². The third-order valence-electron chi connectivity index (χ3n) is 4.10. The predicted octanol–water partition coefficient (Wildman–Crippen LogP) is 4.71. The molecule has 5 nitrogen and oxygen atoms in total. The first kappa shape index (κ1) is 19.0. The van der Waals surface area contributed by atoms with E-state index >= 15 is 0 Å². The van der Waals surface area contributed by atoms with Crippen molar-refractivity contribution < 1.29 is 4.74 Å². The molecule has 0 saturated carbocycles. The fourth-order valence-corrected chi connectivity index (χ4v) is 2.91. The van der Waals surface area contributed by atoms with Crippen LogP contribution in [0.4, 0.5) is 11.8 Å². The molecule has 27 heavy (non-hydrogen) atoms. The van der Waals surface area contributed by atoms with Crippen LogP contribution in [0, 0.1) is 6.92 Å². The number of aryl methyl sites for hydroxylation is 1. The van der Waals surface area contributed by atoms with E-state index in [2.05, 4.69) is 26.7 Å². The van der Waals surface area contributed by atoms with Gasteiger partial charge in [-0.15, -0.1) is 0 Å². The molecule has 0 saturated heterocycles. The van der Waals surface area contributed by atoms with Gasteiger partial charge in [0.05, 0.1) is 7.11 Å². The predicted molar refractivity (Wildman–Crippen MR) is 111 cm³/mol. The van der Waals surface area contributed by atoms with E-state index in [0.717, 1.165) is 40.8 Å². The molecule has 1 heterocycles. The van der Waals surface area contributed by atoms with Crippen molar-refractivity contribution in [2.75, 3.05) is 24.3 Å². The van der Waals surface area contributed by atoms with Gasteiger partial charge in [0.15, 0.2) is 0 Å². The highest BCUT2D eigenvalue weighted by Crippen LogP contribution is 2.17. The maximum atomic E-state index is 6.21. The summed E-state index contributed by atoms with van der Waals surface area (Å²) >= 11 is 6.21. The smallest absolute Gasteiger partial charge is 0.224 e. The first-order chi connectivity index (χ1) is 13.1. The first-order valence-corrected chi connectivity index (χ1v) is 9.21. The molecular formula is C21H23ClN4O. The highest BCUT2D eigenvalue weighted by Gasteiger charge is 2.04. The molecule has 0 spiro atoms. The maximum absolute atomic E-state index is 6.21. The van der Waals surface area contributed by atoms with Gasteiger partial charge in [0.2, 0.25) is 5.95 Å². The molecule has 0 amide bonds. The summed E-state index contributed by atoms with van der Waals surface area (Å²) in [6.45, 7) is 3.30. The lowest BCUT2D eigenvalue weighted by Gasteiger charge is -2.11. The first-order valence-electron chi connectivity index (χ1n) is 8.84. The van der Waals surface area contributed by atoms with Crippen molar-refractivity contribution in [1.82, 2.24) is 9.97 Å². The van der Waals surface area contributed by atoms with E-state index in [1.807, 2.05) is 55.5 Å². The fourth-order valence-electron chi connectivity index (χ4n) is 2.71. The van der Waals surface area contributed by atoms with Crippen LogP contribution in [-0.2, 0) is 13.0 Å². The highest BCUT2D eigenvalue weighted by molar-refractivity contribution is 6.31. The van der Waals surface area contributed by atoms with Crippen molar-refractivity contribution in [2.45, 2.75) is 19.9 Å². The largest absolute Gasteiger partial charge is 0.497 e. The lowest BCUT2D eigenvalue weighted by molar-refractivity contribution is 0.414. The Labute approximate surface area is 164 Å². The van der Waals surface area contributed by atoms with Crippen LogP contribution < -0.4 is 15.4 Å². The number of halogens is 1. The molecule has 0 aliphatic carbocycles. The third kappa shape index (κ3) is 5.59. The van der Waals surface area contributed by atoms with Crippen molar-refractivity contribution >= 4 is 23.4 Å². The number of aromatic nitrogens is 2. The van der Waals surface area contributed by atoms with E-state index in [1.54, 1.807) is 7.11 Å². The molecule has 2 aromatic carbocycles. The van der Waals surface area contributed by atoms with Crippen LogP contribution in [0.2, 0.25) is 5.02 Å². The van der Waals surface area contributed by atoms with Crippen molar-refractivity contribution in [3.8, 4) is 5.75 Å². The third-order valence-corrected chi connectivity index (χ3v) is 4.47. The molecule has 1 aromatic heterocycles. The quantitative estimate of drug-likeness (QED) is 0.590. The topological polar surface area (TPSA) is 59.1 Å². The Balaban J connectivity index is 1.58. The van der Waals surface area contributed by atoms with Crippen LogP contribution in [0.3, 0.4) is 0 Å². The number of rotatable bonds is 8. The average Bonchev–Trinajstić information content (AvgIpc) is 2.67. The number of benzene rings is 2. The van der Waals surface area contributed by atoms with E-state index in [9.17, 15) is 0 Å². The number of ether oxygens (including phenoxy) is 1. The SMILES string of the molecule is COc1cccc(CCNc2nc(C)cc(NCc3ccccc3Cl)n2)c1. The molecule has 0 radical (unpaired) electrons. The second-order valence-electron chi connectivity index (χ2n) is 6.19. The van der Waals surface area contributed by atoms with Crippen LogP contribution in [-0.4, -0.2) is 23.6 Å². The van der Waals surface area contributed by atoms with E-state index < -0.39 is 0 Å². The van der Waals surface area contributed by atoms with E-state index in [1.165, 1.54) is 5.56 Å². The number of hydrogen-bond acceptors (Lipinski definition) is 5. The van der Waals surface area contributed by atoms with Crippen molar-refractivity contribution in [1.29, 1.82) is 0 Å². The Kier molecular flexibility index (Phi) is 6.49. The minimum atomic E-state index is 0.610. The Morgan fingerprint density at radius 3 is 2.67 bits per heavy atom. The van der Waals surface area contributed by atoms with Crippen LogP contribution in [0.5, 0.6) is 5.75 Å². The molecule has 0 bridgehead atoms. The molecule has 0 aliphatic rings. The number of hydrogen-bond donors (Lipinski definition) is 2. The zero-order valence-corrected chi connectivity index (χ0v) is 16.3. The highest BCUT2D eigenvalue weighted by atomic mass is 35.5. The zero-order valence-electron chi connectivity index (χ0n) is 15.5. The Morgan fingerprint density at radius 1 is 1.00 bits per heavy atom. The molecular weight excluding hydrogens is 360 g/mol. The van der Waals surface area contributed by atoms with Gasteiger partial charge in [0, 0.05) is 29.9 Å². The van der Waals surface area contributed by atoms with Gasteiger partial charge < -0.3 is 15.4 Å². The summed E-state index contributed by atoms with van der Waals surface area (Å²) in [6, 6.07) is 17.7. The Hall–Kier alpha value is -2.79. The van der Waals surface area contributed by atoms with Gasteiger partial charge in [-0.25, -0.2) is 4.98 Å². The second-order valence-corrected chi connectivity index (χ2v) is 6.60. The van der Waals surface area contributed by atoms with Crippen LogP contribution in [0.1, 0.15) is 16.8 Å². The minimum Gasteiger partial charge on any atom is -0.497 e. The molecule has 0 aliphatic heterocycles. The minimum absolute atomic E-state index is 0.610. The summed E-state index contributed by atoms with van der Waals surface area (Å²) in [4.78, 5) is 9.00. The molecule has 0 atom stereocenters. The summed E-state index contributed by atoms with van der Waals surface area (Å²) in [7, 11) is 1.68. The monoisotopic (exact) mass is 382 g/mol. The van der Waals surface area contributed by atoms with Gasteiger partial charge in [-0.3, -0.25) is 0 Å². The Bertz CT molecular complexity index is 901. The number of methoxy groups -OCH3 is 1. The number of nitrogens with one attached hydrogen (secondary N) is 2. The van der Waals surface area contributed by atoms with Gasteiger partial charge in [-0.1, -0.05) is 41.9 Å². The standard InChI is InChI=1S/C21H23ClN4O/c1-15-12-20(24-14-17-7-3-4-9-19(17)22)26-21(25-15)23-11-10-16-6-5-8-18(13-16)27-2/h3-9,12-13H,10-11,14H2,1-2H3,(H2,23,24,25,26). The number of nitrogens with zero attached hydrogens (tertiary/aromatic N) is 2. The molecule has 0 fully saturated rings. The van der Waals surface area contributed by atoms with Gasteiger partial charge in [-0.2, -0.15) is 4.98 Å². The summed E-state index contributed by atoms with van der Waals surface area (Å²) < 4.78 is 5.26. The van der Waals surface area contributed by atoms with E-state index in [-0.39, 0.29) is 0 Å². The summed E-state index contributed by atoms with van der Waals surface area (Å²) in [6.07, 6.45) is 0.858. The molecule has 2 N–H and O–H groups in total. The fraction of sp³-hybridized carbons (Fsp3) is 0.238. The van der Waals surface area contributed by atoms with Crippen LogP contribution >= 0.6 is 11.6 Å². The summed E-state index contributed by atoms with van der Waals surface area (Å²) in [5.41, 5.74) is 3.13. The normalized spacial score (nSPS) is 10.5. The van der Waals surface area contributed by atoms with E-state index in [0.29, 0.717) is 12.5 Å². The van der Waals surface area contributed by atoms with Crippen LogP contribution in [0.25, 0.3) is 0 Å². The van der Waals surface area contributed by atoms with E-state index in [4.69, 9.17) is 16.3 Å². The summed E-state index contributed by atoms with van der Waals surface area (Å²) in [5.74, 6) is 2.25. The molecule has 6 heteroatoms. The second kappa shape index (κ2) is 9.24. The van der Waals surface area contributed by atoms with Gasteiger partial charge in [0.25, 0.3) is 0 Å². The van der Waals surface area contributed by atoms with Crippen molar-refractivity contribution in [2.24, 2.45) is 0 Å². The molecule has 3 rings (SSSR count). The van der Waals surface area contributed by atoms with Gasteiger partial charge >= 0.3 is 0 Å². The molecule has 140 valence electrons. The lowest BCUT2D eigenvalue weighted by atomic mass is 10.1. The van der Waals surface area contributed by atoms with Crippen molar-refractivity contribution in [3.63, 3.8) is 0 Å². The maximum Gasteiger partial charge on any atom is 0.224 e.